The van der Waals surface area contributed by atoms with Crippen molar-refractivity contribution in [3.8, 4) is 0 Å². The predicted octanol–water partition coefficient (Wildman–Crippen LogP) is 3.98. The number of unbranched alkanes of at least 4 members (excludes halogenated alkanes) is 1. The van der Waals surface area contributed by atoms with E-state index in [4.69, 9.17) is 16.7 Å². The van der Waals surface area contributed by atoms with Gasteiger partial charge in [0.2, 0.25) is 0 Å². The zero-order valence-electron chi connectivity index (χ0n) is 11.8. The Balaban J connectivity index is 2.94. The Morgan fingerprint density at radius 3 is 2.74 bits per heavy atom. The first-order valence-corrected chi connectivity index (χ1v) is 7.07. The molecular weight excluding hydrogens is 262 g/mol. The van der Waals surface area contributed by atoms with Crippen molar-refractivity contribution in [1.82, 2.24) is 0 Å². The number of rotatable bonds is 7. The highest BCUT2D eigenvalue weighted by molar-refractivity contribution is 6.30. The molecule has 0 radical (unpaired) electrons. The molecule has 0 aromatic heterocycles. The predicted molar refractivity (Wildman–Crippen MR) is 80.1 cm³/mol. The highest BCUT2D eigenvalue weighted by Gasteiger charge is 2.17. The van der Waals surface area contributed by atoms with E-state index in [0.717, 1.165) is 30.6 Å². The number of aliphatic carboxylic acids is 1. The number of halogens is 1. The second-order valence-corrected chi connectivity index (χ2v) is 5.41. The standard InChI is InChI=1S/C15H22ClNO2/c1-4-5-8-17(10-12(3)15(18)19)14-9-13(16)7-6-11(14)2/h6-7,9,12H,4-5,8,10H2,1-3H3,(H,18,19). The maximum atomic E-state index is 11.0. The topological polar surface area (TPSA) is 40.5 Å². The summed E-state index contributed by atoms with van der Waals surface area (Å²) in [5.74, 6) is -1.16. The molecule has 3 nitrogen and oxygen atoms in total. The van der Waals surface area contributed by atoms with Crippen LogP contribution in [0.25, 0.3) is 0 Å². The van der Waals surface area contributed by atoms with Crippen molar-refractivity contribution in [2.24, 2.45) is 5.92 Å². The van der Waals surface area contributed by atoms with Crippen LogP contribution in [-0.4, -0.2) is 24.2 Å². The van der Waals surface area contributed by atoms with Gasteiger partial charge in [-0.2, -0.15) is 0 Å². The van der Waals surface area contributed by atoms with Crippen LogP contribution >= 0.6 is 11.6 Å². The van der Waals surface area contributed by atoms with Crippen LogP contribution in [0.4, 0.5) is 5.69 Å². The molecule has 1 rings (SSSR count). The molecule has 0 aliphatic carbocycles. The molecule has 0 fully saturated rings. The number of hydrogen-bond donors (Lipinski definition) is 1. The Labute approximate surface area is 120 Å². The summed E-state index contributed by atoms with van der Waals surface area (Å²) >= 11 is 6.05. The molecule has 0 heterocycles. The van der Waals surface area contributed by atoms with Crippen molar-refractivity contribution >= 4 is 23.3 Å². The van der Waals surface area contributed by atoms with Gasteiger partial charge in [0.25, 0.3) is 0 Å². The number of carboxylic acid groups (broad SMARTS) is 1. The molecular formula is C15H22ClNO2. The largest absolute Gasteiger partial charge is 0.481 e. The van der Waals surface area contributed by atoms with Crippen molar-refractivity contribution in [3.05, 3.63) is 28.8 Å². The number of aryl methyl sites for hydroxylation is 1. The molecule has 4 heteroatoms. The van der Waals surface area contributed by atoms with E-state index in [-0.39, 0.29) is 0 Å². The fourth-order valence-electron chi connectivity index (χ4n) is 1.99. The maximum Gasteiger partial charge on any atom is 0.308 e. The van der Waals surface area contributed by atoms with Crippen LogP contribution in [0.1, 0.15) is 32.3 Å². The normalized spacial score (nSPS) is 12.2. The number of hydrogen-bond acceptors (Lipinski definition) is 2. The van der Waals surface area contributed by atoms with E-state index in [9.17, 15) is 4.79 Å². The van der Waals surface area contributed by atoms with Crippen molar-refractivity contribution < 1.29 is 9.90 Å². The molecule has 0 aliphatic rings. The SMILES string of the molecule is CCCCN(CC(C)C(=O)O)c1cc(Cl)ccc1C. The molecule has 0 saturated heterocycles. The van der Waals surface area contributed by atoms with Crippen LogP contribution in [0.2, 0.25) is 5.02 Å². The lowest BCUT2D eigenvalue weighted by Crippen LogP contribution is -2.33. The van der Waals surface area contributed by atoms with E-state index < -0.39 is 11.9 Å². The Kier molecular flexibility index (Phi) is 6.16. The molecule has 106 valence electrons. The summed E-state index contributed by atoms with van der Waals surface area (Å²) in [6, 6.07) is 5.75. The Bertz CT molecular complexity index is 434. The average Bonchev–Trinajstić information content (AvgIpc) is 2.37. The molecule has 1 aromatic carbocycles. The summed E-state index contributed by atoms with van der Waals surface area (Å²) in [6.07, 6.45) is 2.12. The van der Waals surface area contributed by atoms with Gasteiger partial charge >= 0.3 is 5.97 Å². The lowest BCUT2D eigenvalue weighted by Gasteiger charge is -2.28. The van der Waals surface area contributed by atoms with Gasteiger partial charge in [0.15, 0.2) is 0 Å². The van der Waals surface area contributed by atoms with Gasteiger partial charge in [0.05, 0.1) is 5.92 Å². The van der Waals surface area contributed by atoms with Crippen molar-refractivity contribution in [1.29, 1.82) is 0 Å². The first kappa shape index (κ1) is 15.8. The summed E-state index contributed by atoms with van der Waals surface area (Å²) in [7, 11) is 0. The van der Waals surface area contributed by atoms with Crippen molar-refractivity contribution in [2.45, 2.75) is 33.6 Å². The third-order valence-corrected chi connectivity index (χ3v) is 3.44. The summed E-state index contributed by atoms with van der Waals surface area (Å²) in [5.41, 5.74) is 2.16. The maximum absolute atomic E-state index is 11.0. The molecule has 0 bridgehead atoms. The zero-order valence-corrected chi connectivity index (χ0v) is 12.6. The Morgan fingerprint density at radius 2 is 2.16 bits per heavy atom. The number of benzene rings is 1. The van der Waals surface area contributed by atoms with Gasteiger partial charge in [-0.15, -0.1) is 0 Å². The van der Waals surface area contributed by atoms with Gasteiger partial charge < -0.3 is 10.0 Å². The highest BCUT2D eigenvalue weighted by atomic mass is 35.5. The van der Waals surface area contributed by atoms with Gasteiger partial charge in [0.1, 0.15) is 0 Å². The first-order valence-electron chi connectivity index (χ1n) is 6.69. The molecule has 1 unspecified atom stereocenters. The molecule has 1 aromatic rings. The van der Waals surface area contributed by atoms with E-state index in [1.54, 1.807) is 6.92 Å². The highest BCUT2D eigenvalue weighted by Crippen LogP contribution is 2.25. The molecule has 0 spiro atoms. The van der Waals surface area contributed by atoms with E-state index in [0.29, 0.717) is 11.6 Å². The number of carbonyl (C=O) groups is 1. The quantitative estimate of drug-likeness (QED) is 0.823. The van der Waals surface area contributed by atoms with Crippen molar-refractivity contribution in [3.63, 3.8) is 0 Å². The summed E-state index contributed by atoms with van der Waals surface area (Å²) < 4.78 is 0. The fourth-order valence-corrected chi connectivity index (χ4v) is 2.16. The molecule has 0 aliphatic heterocycles. The van der Waals surface area contributed by atoms with Gasteiger partial charge in [-0.25, -0.2) is 0 Å². The average molecular weight is 284 g/mol. The first-order chi connectivity index (χ1) is 8.95. The van der Waals surface area contributed by atoms with Gasteiger partial charge in [-0.1, -0.05) is 37.9 Å². The van der Waals surface area contributed by atoms with Crippen LogP contribution in [0, 0.1) is 12.8 Å². The van der Waals surface area contributed by atoms with Crippen LogP contribution in [-0.2, 0) is 4.79 Å². The summed E-state index contributed by atoms with van der Waals surface area (Å²) in [6.45, 7) is 7.26. The minimum absolute atomic E-state index is 0.393. The molecule has 0 amide bonds. The van der Waals surface area contributed by atoms with E-state index in [2.05, 4.69) is 11.8 Å². The minimum atomic E-state index is -0.763. The summed E-state index contributed by atoms with van der Waals surface area (Å²) in [5, 5.41) is 9.76. The Morgan fingerprint density at radius 1 is 1.47 bits per heavy atom. The third-order valence-electron chi connectivity index (χ3n) is 3.21. The van der Waals surface area contributed by atoms with Gasteiger partial charge in [-0.05, 0) is 31.0 Å². The second kappa shape index (κ2) is 7.39. The third kappa shape index (κ3) is 4.75. The summed E-state index contributed by atoms with van der Waals surface area (Å²) in [4.78, 5) is 13.2. The van der Waals surface area contributed by atoms with Crippen LogP contribution in [0.15, 0.2) is 18.2 Å². The van der Waals surface area contributed by atoms with E-state index >= 15 is 0 Å². The van der Waals surface area contributed by atoms with Crippen LogP contribution in [0.3, 0.4) is 0 Å². The van der Waals surface area contributed by atoms with Crippen LogP contribution in [0.5, 0.6) is 0 Å². The lowest BCUT2D eigenvalue weighted by atomic mass is 10.1. The molecule has 0 saturated carbocycles. The zero-order chi connectivity index (χ0) is 14.4. The van der Waals surface area contributed by atoms with Gasteiger partial charge in [-0.3, -0.25) is 4.79 Å². The monoisotopic (exact) mass is 283 g/mol. The minimum Gasteiger partial charge on any atom is -0.481 e. The van der Waals surface area contributed by atoms with E-state index in [1.165, 1.54) is 0 Å². The second-order valence-electron chi connectivity index (χ2n) is 4.97. The lowest BCUT2D eigenvalue weighted by molar-refractivity contribution is -0.140. The molecule has 1 N–H and O–H groups in total. The fraction of sp³-hybridized carbons (Fsp3) is 0.533. The van der Waals surface area contributed by atoms with Crippen LogP contribution < -0.4 is 4.90 Å². The molecule has 1 atom stereocenters. The smallest absolute Gasteiger partial charge is 0.308 e. The molecule has 19 heavy (non-hydrogen) atoms. The van der Waals surface area contributed by atoms with Crippen molar-refractivity contribution in [2.75, 3.05) is 18.0 Å². The number of nitrogens with zero attached hydrogens (tertiary/aromatic N) is 1. The number of anilines is 1. The Hall–Kier alpha value is -1.22. The van der Waals surface area contributed by atoms with E-state index in [1.807, 2.05) is 25.1 Å². The van der Waals surface area contributed by atoms with Gasteiger partial charge in [0, 0.05) is 23.8 Å². The number of carboxylic acids is 1.